The number of carbonyl (C=O) groups excluding carboxylic acids is 1. The van der Waals surface area contributed by atoms with Crippen molar-refractivity contribution < 1.29 is 4.79 Å². The van der Waals surface area contributed by atoms with E-state index in [-0.39, 0.29) is 0 Å². The van der Waals surface area contributed by atoms with Gasteiger partial charge in [-0.3, -0.25) is 4.79 Å². The van der Waals surface area contributed by atoms with Crippen molar-refractivity contribution in [3.63, 3.8) is 0 Å². The van der Waals surface area contributed by atoms with Gasteiger partial charge in [0.25, 0.3) is 0 Å². The van der Waals surface area contributed by atoms with Crippen molar-refractivity contribution in [2.24, 2.45) is 5.92 Å². The van der Waals surface area contributed by atoms with Crippen LogP contribution in [-0.2, 0) is 4.79 Å². The fourth-order valence-corrected chi connectivity index (χ4v) is 3.19. The van der Waals surface area contributed by atoms with Gasteiger partial charge in [0.15, 0.2) is 0 Å². The summed E-state index contributed by atoms with van der Waals surface area (Å²) in [5.41, 5.74) is 1.13. The SMILES string of the molecule is Cc1cnc(NCC2CC(=O)N(C3CC3)C2)c(Br)c1. The van der Waals surface area contributed by atoms with E-state index in [1.165, 1.54) is 12.8 Å². The van der Waals surface area contributed by atoms with E-state index in [9.17, 15) is 4.79 Å². The van der Waals surface area contributed by atoms with Crippen LogP contribution in [0.2, 0.25) is 0 Å². The van der Waals surface area contributed by atoms with Gasteiger partial charge < -0.3 is 10.2 Å². The molecule has 4 nitrogen and oxygen atoms in total. The Labute approximate surface area is 121 Å². The third kappa shape index (κ3) is 2.91. The van der Waals surface area contributed by atoms with Crippen LogP contribution in [0.15, 0.2) is 16.7 Å². The highest BCUT2D eigenvalue weighted by molar-refractivity contribution is 9.10. The molecule has 1 aliphatic carbocycles. The molecule has 0 bridgehead atoms. The van der Waals surface area contributed by atoms with Crippen molar-refractivity contribution >= 4 is 27.7 Å². The van der Waals surface area contributed by atoms with E-state index in [1.807, 2.05) is 19.2 Å². The first-order chi connectivity index (χ1) is 9.13. The minimum Gasteiger partial charge on any atom is -0.369 e. The average molecular weight is 324 g/mol. The zero-order valence-electron chi connectivity index (χ0n) is 11.0. The Morgan fingerprint density at radius 1 is 1.53 bits per heavy atom. The highest BCUT2D eigenvalue weighted by atomic mass is 79.9. The molecular weight excluding hydrogens is 306 g/mol. The van der Waals surface area contributed by atoms with Crippen molar-refractivity contribution in [3.8, 4) is 0 Å². The Morgan fingerprint density at radius 3 is 3.00 bits per heavy atom. The molecule has 1 amide bonds. The number of pyridine rings is 1. The van der Waals surface area contributed by atoms with Crippen molar-refractivity contribution in [2.45, 2.75) is 32.2 Å². The highest BCUT2D eigenvalue weighted by Crippen LogP contribution is 2.32. The van der Waals surface area contributed by atoms with E-state index in [0.29, 0.717) is 24.3 Å². The van der Waals surface area contributed by atoms with E-state index in [1.54, 1.807) is 0 Å². The number of aromatic nitrogens is 1. The van der Waals surface area contributed by atoms with E-state index >= 15 is 0 Å². The molecule has 0 spiro atoms. The fourth-order valence-electron chi connectivity index (χ4n) is 2.59. The number of nitrogens with one attached hydrogen (secondary N) is 1. The van der Waals surface area contributed by atoms with Crippen molar-refractivity contribution in [3.05, 3.63) is 22.3 Å². The topological polar surface area (TPSA) is 45.2 Å². The van der Waals surface area contributed by atoms with Crippen LogP contribution in [0, 0.1) is 12.8 Å². The lowest BCUT2D eigenvalue weighted by Crippen LogP contribution is -2.28. The second kappa shape index (κ2) is 5.12. The van der Waals surface area contributed by atoms with Gasteiger partial charge in [-0.15, -0.1) is 0 Å². The number of halogens is 1. The number of carbonyl (C=O) groups is 1. The van der Waals surface area contributed by atoms with Gasteiger partial charge in [0.2, 0.25) is 5.91 Å². The fraction of sp³-hybridized carbons (Fsp3) is 0.571. The molecule has 5 heteroatoms. The maximum absolute atomic E-state index is 11.9. The van der Waals surface area contributed by atoms with Crippen LogP contribution in [0.4, 0.5) is 5.82 Å². The summed E-state index contributed by atoms with van der Waals surface area (Å²) in [7, 11) is 0. The zero-order valence-corrected chi connectivity index (χ0v) is 12.6. The van der Waals surface area contributed by atoms with Crippen LogP contribution in [0.3, 0.4) is 0 Å². The van der Waals surface area contributed by atoms with Crippen LogP contribution in [0.1, 0.15) is 24.8 Å². The monoisotopic (exact) mass is 323 g/mol. The minimum atomic E-state index is 0.324. The number of hydrogen-bond acceptors (Lipinski definition) is 3. The quantitative estimate of drug-likeness (QED) is 0.926. The van der Waals surface area contributed by atoms with E-state index in [2.05, 4.69) is 31.1 Å². The summed E-state index contributed by atoms with van der Waals surface area (Å²) < 4.78 is 0.982. The number of aryl methyl sites for hydroxylation is 1. The van der Waals surface area contributed by atoms with Gasteiger partial charge in [0.05, 0.1) is 4.47 Å². The number of nitrogens with zero attached hydrogens (tertiary/aromatic N) is 2. The predicted molar refractivity (Wildman–Crippen MR) is 78.0 cm³/mol. The third-order valence-corrected chi connectivity index (χ3v) is 4.37. The second-order valence-corrected chi connectivity index (χ2v) is 6.43. The predicted octanol–water partition coefficient (Wildman–Crippen LogP) is 2.58. The number of rotatable bonds is 4. The number of hydrogen-bond donors (Lipinski definition) is 1. The lowest BCUT2D eigenvalue weighted by Gasteiger charge is -2.16. The van der Waals surface area contributed by atoms with Gasteiger partial charge >= 0.3 is 0 Å². The lowest BCUT2D eigenvalue weighted by atomic mass is 10.1. The lowest BCUT2D eigenvalue weighted by molar-refractivity contribution is -0.128. The van der Waals surface area contributed by atoms with Crippen molar-refractivity contribution in [1.29, 1.82) is 0 Å². The van der Waals surface area contributed by atoms with Gasteiger partial charge in [0, 0.05) is 37.7 Å². The first-order valence-electron chi connectivity index (χ1n) is 6.79. The highest BCUT2D eigenvalue weighted by Gasteiger charge is 2.39. The first kappa shape index (κ1) is 12.9. The molecule has 2 heterocycles. The molecule has 0 aromatic carbocycles. The number of anilines is 1. The number of likely N-dealkylation sites (tertiary alicyclic amines) is 1. The smallest absolute Gasteiger partial charge is 0.223 e. The maximum Gasteiger partial charge on any atom is 0.223 e. The summed E-state index contributed by atoms with van der Waals surface area (Å²) in [4.78, 5) is 18.3. The molecule has 1 saturated heterocycles. The third-order valence-electron chi connectivity index (χ3n) is 3.76. The van der Waals surface area contributed by atoms with Crippen LogP contribution in [0.5, 0.6) is 0 Å². The summed E-state index contributed by atoms with van der Waals surface area (Å²) in [5.74, 6) is 1.59. The van der Waals surface area contributed by atoms with Crippen molar-refractivity contribution in [1.82, 2.24) is 9.88 Å². The summed E-state index contributed by atoms with van der Waals surface area (Å²) in [6.45, 7) is 3.73. The molecule has 1 atom stereocenters. The zero-order chi connectivity index (χ0) is 13.4. The Hall–Kier alpha value is -1.10. The minimum absolute atomic E-state index is 0.324. The molecular formula is C14H18BrN3O. The molecule has 2 aliphatic rings. The van der Waals surface area contributed by atoms with E-state index in [0.717, 1.165) is 28.9 Å². The normalized spacial score (nSPS) is 22.9. The molecule has 1 unspecified atom stereocenters. The molecule has 2 fully saturated rings. The maximum atomic E-state index is 11.9. The summed E-state index contributed by atoms with van der Waals surface area (Å²) in [6.07, 6.45) is 4.91. The van der Waals surface area contributed by atoms with Crippen LogP contribution in [-0.4, -0.2) is 34.9 Å². The largest absolute Gasteiger partial charge is 0.369 e. The van der Waals surface area contributed by atoms with E-state index in [4.69, 9.17) is 0 Å². The summed E-state index contributed by atoms with van der Waals surface area (Å²) in [5, 5.41) is 3.35. The van der Waals surface area contributed by atoms with Crippen LogP contribution >= 0.6 is 15.9 Å². The summed E-state index contributed by atoms with van der Waals surface area (Å²) >= 11 is 3.51. The van der Waals surface area contributed by atoms with Gasteiger partial charge in [-0.05, 0) is 47.3 Å². The van der Waals surface area contributed by atoms with Crippen LogP contribution < -0.4 is 5.32 Å². The molecule has 1 saturated carbocycles. The molecule has 102 valence electrons. The Morgan fingerprint density at radius 2 is 2.32 bits per heavy atom. The van der Waals surface area contributed by atoms with Crippen molar-refractivity contribution in [2.75, 3.05) is 18.4 Å². The molecule has 0 radical (unpaired) electrons. The Bertz CT molecular complexity index is 501. The molecule has 1 aromatic rings. The molecule has 19 heavy (non-hydrogen) atoms. The molecule has 1 aromatic heterocycles. The number of amides is 1. The first-order valence-corrected chi connectivity index (χ1v) is 7.58. The molecule has 1 N–H and O–H groups in total. The van der Waals surface area contributed by atoms with Gasteiger partial charge in [-0.2, -0.15) is 0 Å². The van der Waals surface area contributed by atoms with Gasteiger partial charge in [0.1, 0.15) is 5.82 Å². The van der Waals surface area contributed by atoms with Gasteiger partial charge in [-0.25, -0.2) is 4.98 Å². The van der Waals surface area contributed by atoms with Gasteiger partial charge in [-0.1, -0.05) is 0 Å². The van der Waals surface area contributed by atoms with E-state index < -0.39 is 0 Å². The molecule has 3 rings (SSSR count). The standard InChI is InChI=1S/C14H18BrN3O/c1-9-4-12(15)14(16-6-9)17-7-10-5-13(19)18(8-10)11-2-3-11/h4,6,10-11H,2-3,5,7-8H2,1H3,(H,16,17). The Balaban J connectivity index is 1.56. The second-order valence-electron chi connectivity index (χ2n) is 5.57. The Kier molecular flexibility index (Phi) is 3.48. The summed E-state index contributed by atoms with van der Waals surface area (Å²) in [6, 6.07) is 2.59. The molecule has 1 aliphatic heterocycles. The van der Waals surface area contributed by atoms with Crippen LogP contribution in [0.25, 0.3) is 0 Å². The average Bonchev–Trinajstić information content (AvgIpc) is 3.13.